The van der Waals surface area contributed by atoms with Gasteiger partial charge in [-0.3, -0.25) is 9.69 Å². The molecule has 1 fully saturated rings. The number of hydrogen-bond acceptors (Lipinski definition) is 5. The van der Waals surface area contributed by atoms with Gasteiger partial charge in [0.15, 0.2) is 0 Å². The minimum Gasteiger partial charge on any atom is -0.369 e. The van der Waals surface area contributed by atoms with Crippen LogP contribution in [0.3, 0.4) is 0 Å². The molecular weight excluding hydrogens is 316 g/mol. The molecule has 2 heterocycles. The molecule has 1 amide bonds. The topological polar surface area (TPSA) is 66.3 Å². The Morgan fingerprint density at radius 3 is 2.64 bits per heavy atom. The number of rotatable bonds is 7. The van der Waals surface area contributed by atoms with Crippen LogP contribution in [0.4, 0.5) is 5.69 Å². The lowest BCUT2D eigenvalue weighted by atomic mass is 10.2. The summed E-state index contributed by atoms with van der Waals surface area (Å²) in [5.41, 5.74) is 1.30. The average molecular weight is 342 g/mol. The van der Waals surface area contributed by atoms with Crippen LogP contribution in [0.5, 0.6) is 0 Å². The van der Waals surface area contributed by atoms with Crippen LogP contribution >= 0.6 is 0 Å². The summed E-state index contributed by atoms with van der Waals surface area (Å²) >= 11 is 0. The predicted octanol–water partition coefficient (Wildman–Crippen LogP) is 1.17. The van der Waals surface area contributed by atoms with Crippen LogP contribution in [-0.2, 0) is 4.79 Å². The maximum atomic E-state index is 12.1. The number of hydrogen-bond donors (Lipinski definition) is 1. The highest BCUT2D eigenvalue weighted by molar-refractivity contribution is 5.79. The van der Waals surface area contributed by atoms with E-state index >= 15 is 0 Å². The smallest absolute Gasteiger partial charge is 0.244 e. The van der Waals surface area contributed by atoms with Crippen LogP contribution in [0.1, 0.15) is 19.4 Å². The van der Waals surface area contributed by atoms with Crippen molar-refractivity contribution < 1.29 is 4.79 Å². The van der Waals surface area contributed by atoms with Crippen molar-refractivity contribution in [1.29, 1.82) is 0 Å². The summed E-state index contributed by atoms with van der Waals surface area (Å²) in [6, 6.07) is 10.2. The number of carbonyl (C=O) groups is 1. The van der Waals surface area contributed by atoms with E-state index in [1.54, 1.807) is 11.0 Å². The van der Waals surface area contributed by atoms with Gasteiger partial charge in [0, 0.05) is 38.4 Å². The zero-order valence-corrected chi connectivity index (χ0v) is 14.7. The maximum Gasteiger partial charge on any atom is 0.244 e. The van der Waals surface area contributed by atoms with Gasteiger partial charge >= 0.3 is 0 Å². The van der Waals surface area contributed by atoms with Gasteiger partial charge < -0.3 is 10.2 Å². The summed E-state index contributed by atoms with van der Waals surface area (Å²) in [6.07, 6.45) is 3.97. The molecule has 0 radical (unpaired) electrons. The molecule has 25 heavy (non-hydrogen) atoms. The summed E-state index contributed by atoms with van der Waals surface area (Å²) < 4.78 is 1.57. The quantitative estimate of drug-likeness (QED) is 0.765. The molecule has 0 saturated carbocycles. The second-order valence-corrected chi connectivity index (χ2v) is 6.36. The normalized spacial score (nSPS) is 16.6. The summed E-state index contributed by atoms with van der Waals surface area (Å²) in [7, 11) is 0. The lowest BCUT2D eigenvalue weighted by Crippen LogP contribution is -2.47. The number of aromatic nitrogens is 3. The van der Waals surface area contributed by atoms with E-state index in [1.165, 1.54) is 12.0 Å². The van der Waals surface area contributed by atoms with E-state index in [-0.39, 0.29) is 11.9 Å². The fourth-order valence-electron chi connectivity index (χ4n) is 3.07. The minimum absolute atomic E-state index is 0.0144. The molecule has 134 valence electrons. The number of benzene rings is 1. The Kier molecular flexibility index (Phi) is 6.00. The van der Waals surface area contributed by atoms with Gasteiger partial charge in [0.05, 0.1) is 0 Å². The summed E-state index contributed by atoms with van der Waals surface area (Å²) in [4.78, 5) is 20.8. The minimum atomic E-state index is -0.322. The molecular formula is C18H26N6O. The van der Waals surface area contributed by atoms with Gasteiger partial charge in [-0.15, -0.1) is 0 Å². The van der Waals surface area contributed by atoms with Crippen molar-refractivity contribution in [3.8, 4) is 0 Å². The number of carbonyl (C=O) groups excluding carboxylic acids is 1. The van der Waals surface area contributed by atoms with Crippen LogP contribution in [-0.4, -0.2) is 64.8 Å². The second-order valence-electron chi connectivity index (χ2n) is 6.36. The molecule has 1 aliphatic rings. The fourth-order valence-corrected chi connectivity index (χ4v) is 3.07. The first-order chi connectivity index (χ1) is 12.2. The maximum absolute atomic E-state index is 12.1. The molecule has 1 aromatic carbocycles. The Hall–Kier alpha value is -2.41. The van der Waals surface area contributed by atoms with E-state index in [2.05, 4.69) is 55.5 Å². The Bertz CT molecular complexity index is 637. The van der Waals surface area contributed by atoms with Gasteiger partial charge in [-0.2, -0.15) is 5.10 Å². The third-order valence-electron chi connectivity index (χ3n) is 4.66. The number of nitrogens with one attached hydrogen (secondary N) is 1. The van der Waals surface area contributed by atoms with Crippen molar-refractivity contribution in [3.63, 3.8) is 0 Å². The Morgan fingerprint density at radius 1 is 1.20 bits per heavy atom. The number of nitrogens with zero attached hydrogens (tertiary/aromatic N) is 5. The highest BCUT2D eigenvalue weighted by Crippen LogP contribution is 2.15. The second kappa shape index (κ2) is 8.62. The molecule has 1 aromatic heterocycles. The van der Waals surface area contributed by atoms with Crippen molar-refractivity contribution in [1.82, 2.24) is 25.0 Å². The zero-order valence-electron chi connectivity index (χ0n) is 14.7. The summed E-state index contributed by atoms with van der Waals surface area (Å²) in [6.45, 7) is 7.78. The third kappa shape index (κ3) is 4.79. The number of anilines is 1. The van der Waals surface area contributed by atoms with Crippen molar-refractivity contribution in [2.75, 3.05) is 44.2 Å². The van der Waals surface area contributed by atoms with Crippen LogP contribution < -0.4 is 10.2 Å². The van der Waals surface area contributed by atoms with Crippen molar-refractivity contribution in [2.24, 2.45) is 0 Å². The Labute approximate surface area is 148 Å². The van der Waals surface area contributed by atoms with Crippen LogP contribution in [0.15, 0.2) is 43.0 Å². The van der Waals surface area contributed by atoms with E-state index < -0.39 is 0 Å². The van der Waals surface area contributed by atoms with Crippen molar-refractivity contribution in [3.05, 3.63) is 43.0 Å². The van der Waals surface area contributed by atoms with Crippen molar-refractivity contribution in [2.45, 2.75) is 19.4 Å². The number of para-hydroxylation sites is 1. The Morgan fingerprint density at radius 2 is 1.96 bits per heavy atom. The number of piperazine rings is 1. The van der Waals surface area contributed by atoms with E-state index in [9.17, 15) is 4.79 Å². The van der Waals surface area contributed by atoms with E-state index in [1.807, 2.05) is 6.92 Å². The molecule has 0 aliphatic carbocycles. The Balaban J connectivity index is 1.32. The number of amides is 1. The van der Waals surface area contributed by atoms with E-state index in [4.69, 9.17) is 0 Å². The highest BCUT2D eigenvalue weighted by atomic mass is 16.2. The molecule has 7 heteroatoms. The van der Waals surface area contributed by atoms with Gasteiger partial charge in [0.2, 0.25) is 5.91 Å². The molecule has 0 bridgehead atoms. The molecule has 7 nitrogen and oxygen atoms in total. The molecule has 3 rings (SSSR count). The first-order valence-corrected chi connectivity index (χ1v) is 8.88. The summed E-state index contributed by atoms with van der Waals surface area (Å²) in [5, 5.41) is 6.98. The van der Waals surface area contributed by atoms with Gasteiger partial charge in [-0.05, 0) is 32.0 Å². The van der Waals surface area contributed by atoms with Crippen molar-refractivity contribution >= 4 is 11.6 Å². The lowest BCUT2D eigenvalue weighted by Gasteiger charge is -2.36. The van der Waals surface area contributed by atoms with Gasteiger partial charge in [-0.1, -0.05) is 18.2 Å². The molecule has 0 spiro atoms. The van der Waals surface area contributed by atoms with Gasteiger partial charge in [0.25, 0.3) is 0 Å². The largest absolute Gasteiger partial charge is 0.369 e. The molecule has 1 aliphatic heterocycles. The first-order valence-electron chi connectivity index (χ1n) is 8.88. The first kappa shape index (κ1) is 17.4. The lowest BCUT2D eigenvalue weighted by molar-refractivity contribution is -0.124. The SMILES string of the molecule is C[C@H](C(=O)NCCCN1CCN(c2ccccc2)CC1)n1cncn1. The standard InChI is InChI=1S/C18H26N6O/c1-16(24-15-19-14-21-24)18(25)20-8-5-9-22-10-12-23(13-11-22)17-6-3-2-4-7-17/h2-4,6-7,14-16H,5,8-13H2,1H3,(H,20,25)/t16-/m1/s1. The predicted molar refractivity (Wildman–Crippen MR) is 97.5 cm³/mol. The third-order valence-corrected chi connectivity index (χ3v) is 4.66. The van der Waals surface area contributed by atoms with Gasteiger partial charge in [0.1, 0.15) is 18.7 Å². The van der Waals surface area contributed by atoms with E-state index in [0.717, 1.165) is 39.1 Å². The summed E-state index contributed by atoms with van der Waals surface area (Å²) in [5.74, 6) is -0.0144. The average Bonchev–Trinajstić information content (AvgIpc) is 3.20. The van der Waals surface area contributed by atoms with Gasteiger partial charge in [-0.25, -0.2) is 9.67 Å². The molecule has 1 N–H and O–H groups in total. The van der Waals surface area contributed by atoms with Crippen LogP contribution in [0.25, 0.3) is 0 Å². The zero-order chi connectivity index (χ0) is 17.5. The molecule has 0 unspecified atom stereocenters. The molecule has 2 aromatic rings. The highest BCUT2D eigenvalue weighted by Gasteiger charge is 2.17. The monoisotopic (exact) mass is 342 g/mol. The van der Waals surface area contributed by atoms with Crippen LogP contribution in [0, 0.1) is 0 Å². The fraction of sp³-hybridized carbons (Fsp3) is 0.500. The molecule has 1 saturated heterocycles. The van der Waals surface area contributed by atoms with E-state index in [0.29, 0.717) is 6.54 Å². The molecule has 1 atom stereocenters. The van der Waals surface area contributed by atoms with Crippen LogP contribution in [0.2, 0.25) is 0 Å².